The second kappa shape index (κ2) is 9.17. The van der Waals surface area contributed by atoms with Crippen molar-refractivity contribution >= 4 is 41.7 Å². The van der Waals surface area contributed by atoms with Crippen molar-refractivity contribution in [1.82, 2.24) is 10.6 Å². The zero-order valence-electron chi connectivity index (χ0n) is 13.5. The molecular weight excluding hydrogens is 425 g/mol. The summed E-state index contributed by atoms with van der Waals surface area (Å²) in [5, 5.41) is 6.92. The number of hydrogen-bond acceptors (Lipinski definition) is 4. The van der Waals surface area contributed by atoms with Crippen molar-refractivity contribution in [2.24, 2.45) is 4.99 Å². The smallest absolute Gasteiger partial charge is 0.191 e. The number of nitrogens with one attached hydrogen (secondary N) is 2. The molecule has 2 saturated heterocycles. The molecule has 23 heavy (non-hydrogen) atoms. The molecule has 3 rings (SSSR count). The minimum Gasteiger partial charge on any atom is -0.469 e. The Bertz CT molecular complexity index is 490. The maximum atomic E-state index is 6.07. The van der Waals surface area contributed by atoms with Crippen LogP contribution in [-0.2, 0) is 11.2 Å². The minimum atomic E-state index is 0. The average Bonchev–Trinajstić information content (AvgIpc) is 3.19. The van der Waals surface area contributed by atoms with Gasteiger partial charge in [0.25, 0.3) is 0 Å². The molecule has 1 aromatic heterocycles. The molecule has 2 aliphatic rings. The van der Waals surface area contributed by atoms with Crippen LogP contribution in [0.15, 0.2) is 27.8 Å². The first kappa shape index (κ1) is 18.9. The van der Waals surface area contributed by atoms with E-state index in [0.717, 1.165) is 49.9 Å². The van der Waals surface area contributed by atoms with E-state index >= 15 is 0 Å². The average molecular weight is 451 g/mol. The minimum absolute atomic E-state index is 0. The zero-order valence-corrected chi connectivity index (χ0v) is 16.7. The van der Waals surface area contributed by atoms with Crippen LogP contribution in [0.1, 0.15) is 25.0 Å². The SMILES string of the molecule is CN=C(NCCc1ccco1)NC1CCOC2(CCSC2)C1.I. The van der Waals surface area contributed by atoms with Gasteiger partial charge in [0.1, 0.15) is 5.76 Å². The monoisotopic (exact) mass is 451 g/mol. The van der Waals surface area contributed by atoms with Crippen LogP contribution in [0.4, 0.5) is 0 Å². The number of aliphatic imine (C=N–C) groups is 1. The number of furan rings is 1. The maximum Gasteiger partial charge on any atom is 0.191 e. The molecule has 0 amide bonds. The van der Waals surface area contributed by atoms with Crippen LogP contribution in [0.3, 0.4) is 0 Å². The van der Waals surface area contributed by atoms with Crippen molar-refractivity contribution in [2.45, 2.75) is 37.3 Å². The van der Waals surface area contributed by atoms with E-state index in [1.54, 1.807) is 6.26 Å². The lowest BCUT2D eigenvalue weighted by molar-refractivity contribution is -0.0679. The first-order valence-electron chi connectivity index (χ1n) is 8.01. The van der Waals surface area contributed by atoms with Crippen LogP contribution < -0.4 is 10.6 Å². The second-order valence-electron chi connectivity index (χ2n) is 6.00. The summed E-state index contributed by atoms with van der Waals surface area (Å²) >= 11 is 2.01. The first-order valence-corrected chi connectivity index (χ1v) is 9.16. The normalized spacial score (nSPS) is 27.7. The van der Waals surface area contributed by atoms with Crippen molar-refractivity contribution in [3.8, 4) is 0 Å². The Morgan fingerprint density at radius 2 is 2.43 bits per heavy atom. The van der Waals surface area contributed by atoms with Gasteiger partial charge in [0.2, 0.25) is 0 Å². The molecule has 0 aromatic carbocycles. The Morgan fingerprint density at radius 1 is 1.52 bits per heavy atom. The van der Waals surface area contributed by atoms with Crippen LogP contribution in [0.5, 0.6) is 0 Å². The van der Waals surface area contributed by atoms with E-state index in [1.165, 1.54) is 12.2 Å². The van der Waals surface area contributed by atoms with Crippen molar-refractivity contribution in [2.75, 3.05) is 31.7 Å². The molecule has 130 valence electrons. The van der Waals surface area contributed by atoms with E-state index in [9.17, 15) is 0 Å². The predicted octanol–water partition coefficient (Wildman–Crippen LogP) is 2.66. The molecule has 7 heteroatoms. The van der Waals surface area contributed by atoms with Gasteiger partial charge < -0.3 is 19.8 Å². The highest BCUT2D eigenvalue weighted by molar-refractivity contribution is 14.0. The van der Waals surface area contributed by atoms with Crippen LogP contribution in [0, 0.1) is 0 Å². The van der Waals surface area contributed by atoms with Crippen LogP contribution in [0.2, 0.25) is 0 Å². The van der Waals surface area contributed by atoms with E-state index in [1.807, 2.05) is 30.9 Å². The Kier molecular flexibility index (Phi) is 7.55. The molecule has 0 aliphatic carbocycles. The summed E-state index contributed by atoms with van der Waals surface area (Å²) in [6, 6.07) is 4.36. The van der Waals surface area contributed by atoms with Gasteiger partial charge in [-0.15, -0.1) is 24.0 Å². The van der Waals surface area contributed by atoms with Gasteiger partial charge in [-0.2, -0.15) is 11.8 Å². The number of guanidine groups is 1. The van der Waals surface area contributed by atoms with Crippen molar-refractivity contribution < 1.29 is 9.15 Å². The summed E-state index contributed by atoms with van der Waals surface area (Å²) in [6.45, 7) is 1.67. The fourth-order valence-corrected chi connectivity index (χ4v) is 4.54. The quantitative estimate of drug-likeness (QED) is 0.419. The molecule has 1 aromatic rings. The van der Waals surface area contributed by atoms with Crippen molar-refractivity contribution in [1.29, 1.82) is 0 Å². The summed E-state index contributed by atoms with van der Waals surface area (Å²) in [5.41, 5.74) is 0.105. The topological polar surface area (TPSA) is 58.8 Å². The maximum absolute atomic E-state index is 6.07. The molecule has 3 heterocycles. The molecule has 2 unspecified atom stereocenters. The molecule has 1 spiro atoms. The lowest BCUT2D eigenvalue weighted by Gasteiger charge is -2.38. The number of halogens is 1. The highest BCUT2D eigenvalue weighted by Gasteiger charge is 2.40. The number of hydrogen-bond donors (Lipinski definition) is 2. The molecule has 2 atom stereocenters. The lowest BCUT2D eigenvalue weighted by Crippen LogP contribution is -2.51. The Balaban J connectivity index is 0.00000192. The molecule has 0 saturated carbocycles. The van der Waals surface area contributed by atoms with Gasteiger partial charge in [0.05, 0.1) is 11.9 Å². The summed E-state index contributed by atoms with van der Waals surface area (Å²) in [7, 11) is 1.82. The van der Waals surface area contributed by atoms with E-state index in [0.29, 0.717) is 6.04 Å². The van der Waals surface area contributed by atoms with E-state index < -0.39 is 0 Å². The van der Waals surface area contributed by atoms with Crippen molar-refractivity contribution in [3.63, 3.8) is 0 Å². The summed E-state index contributed by atoms with van der Waals surface area (Å²) < 4.78 is 11.4. The highest BCUT2D eigenvalue weighted by atomic mass is 127. The number of rotatable bonds is 4. The molecule has 2 fully saturated rings. The van der Waals surface area contributed by atoms with Crippen LogP contribution in [-0.4, -0.2) is 49.3 Å². The lowest BCUT2D eigenvalue weighted by atomic mass is 9.90. The van der Waals surface area contributed by atoms with Crippen molar-refractivity contribution in [3.05, 3.63) is 24.2 Å². The molecule has 0 bridgehead atoms. The molecule has 2 aliphatic heterocycles. The van der Waals surface area contributed by atoms with E-state index in [2.05, 4.69) is 15.6 Å². The molecule has 2 N–H and O–H groups in total. The summed E-state index contributed by atoms with van der Waals surface area (Å²) in [5.74, 6) is 4.23. The second-order valence-corrected chi connectivity index (χ2v) is 7.10. The fourth-order valence-electron chi connectivity index (χ4n) is 3.16. The molecule has 5 nitrogen and oxygen atoms in total. The van der Waals surface area contributed by atoms with Gasteiger partial charge in [-0.3, -0.25) is 4.99 Å². The third kappa shape index (κ3) is 5.29. The van der Waals surface area contributed by atoms with Gasteiger partial charge in [-0.1, -0.05) is 0 Å². The summed E-state index contributed by atoms with van der Waals surface area (Å²) in [4.78, 5) is 4.33. The first-order chi connectivity index (χ1) is 10.8. The third-order valence-electron chi connectivity index (χ3n) is 4.37. The van der Waals surface area contributed by atoms with Gasteiger partial charge in [0.15, 0.2) is 5.96 Å². The molecule has 0 radical (unpaired) electrons. The van der Waals surface area contributed by atoms with Gasteiger partial charge >= 0.3 is 0 Å². The largest absolute Gasteiger partial charge is 0.469 e. The van der Waals surface area contributed by atoms with Crippen LogP contribution >= 0.6 is 35.7 Å². The van der Waals surface area contributed by atoms with Crippen LogP contribution in [0.25, 0.3) is 0 Å². The molecular formula is C16H26IN3O2S. The Hall–Kier alpha value is -0.410. The number of thioether (sulfide) groups is 1. The van der Waals surface area contributed by atoms with Gasteiger partial charge in [0, 0.05) is 38.4 Å². The number of nitrogens with zero attached hydrogens (tertiary/aromatic N) is 1. The number of ether oxygens (including phenoxy) is 1. The predicted molar refractivity (Wildman–Crippen MR) is 106 cm³/mol. The fraction of sp³-hybridized carbons (Fsp3) is 0.688. The zero-order chi connectivity index (χ0) is 15.3. The highest BCUT2D eigenvalue weighted by Crippen LogP contribution is 2.38. The third-order valence-corrected chi connectivity index (χ3v) is 5.59. The van der Waals surface area contributed by atoms with E-state index in [-0.39, 0.29) is 29.6 Å². The Morgan fingerprint density at radius 3 is 3.13 bits per heavy atom. The Labute approximate surface area is 159 Å². The standard InChI is InChI=1S/C16H25N3O2S.HI/c1-17-15(18-7-4-14-3-2-8-20-14)19-13-5-9-21-16(11-13)6-10-22-12-16;/h2-3,8,13H,4-7,9-12H2,1H3,(H2,17,18,19);1H. The van der Waals surface area contributed by atoms with Gasteiger partial charge in [-0.05, 0) is 37.1 Å². The van der Waals surface area contributed by atoms with Gasteiger partial charge in [-0.25, -0.2) is 0 Å². The summed E-state index contributed by atoms with van der Waals surface area (Å²) in [6.07, 6.45) is 5.89. The van der Waals surface area contributed by atoms with E-state index in [4.69, 9.17) is 9.15 Å².